The molecule has 0 aliphatic carbocycles. The number of nitrogen functional groups attached to an aromatic ring is 2. The lowest BCUT2D eigenvalue weighted by molar-refractivity contribution is 0.224. The molecule has 0 amide bonds. The summed E-state index contributed by atoms with van der Waals surface area (Å²) < 4.78 is 3.45. The predicted octanol–water partition coefficient (Wildman–Crippen LogP) is -1.81. The van der Waals surface area contributed by atoms with Crippen molar-refractivity contribution in [2.45, 2.75) is 19.0 Å². The molecule has 1 aliphatic rings. The van der Waals surface area contributed by atoms with E-state index in [0.717, 1.165) is 5.82 Å². The summed E-state index contributed by atoms with van der Waals surface area (Å²) in [6, 6.07) is 0. The van der Waals surface area contributed by atoms with Crippen molar-refractivity contribution in [2.75, 3.05) is 24.6 Å². The normalized spacial score (nSPS) is 15.8. The third-order valence-electron chi connectivity index (χ3n) is 4.56. The topological polar surface area (TPSA) is 204 Å². The summed E-state index contributed by atoms with van der Waals surface area (Å²) in [5, 5.41) is 31.9. The summed E-state index contributed by atoms with van der Waals surface area (Å²) in [6.45, 7) is 0.443. The zero-order valence-corrected chi connectivity index (χ0v) is 13.7. The molecule has 14 heteroatoms. The summed E-state index contributed by atoms with van der Waals surface area (Å²) in [5.74, 6) is 1.55. The van der Waals surface area contributed by atoms with Gasteiger partial charge in [0.1, 0.15) is 11.2 Å². The highest BCUT2D eigenvalue weighted by Crippen LogP contribution is 2.33. The van der Waals surface area contributed by atoms with Crippen LogP contribution < -0.4 is 17.2 Å². The Bertz CT molecular complexity index is 1150. The maximum atomic E-state index is 9.45. The summed E-state index contributed by atoms with van der Waals surface area (Å²) in [5.41, 5.74) is 20.0. The lowest BCUT2D eigenvalue weighted by Gasteiger charge is -2.15. The third-order valence-corrected chi connectivity index (χ3v) is 4.56. The monoisotopic (exact) mass is 361 g/mol. The summed E-state index contributed by atoms with van der Waals surface area (Å²) in [6.07, 6.45) is 0.705. The van der Waals surface area contributed by atoms with Crippen molar-refractivity contribution in [1.82, 2.24) is 49.4 Å². The Morgan fingerprint density at radius 2 is 2.00 bits per heavy atom. The first-order valence-electron chi connectivity index (χ1n) is 8.17. The Morgan fingerprint density at radius 3 is 2.77 bits per heavy atom. The van der Waals surface area contributed by atoms with E-state index >= 15 is 0 Å². The van der Waals surface area contributed by atoms with Gasteiger partial charge in [0.2, 0.25) is 5.65 Å². The predicted molar refractivity (Wildman–Crippen MR) is 92.0 cm³/mol. The average Bonchev–Trinajstić information content (AvgIpc) is 3.32. The van der Waals surface area contributed by atoms with Crippen LogP contribution in [0.15, 0.2) is 0 Å². The first-order chi connectivity index (χ1) is 12.6. The lowest BCUT2D eigenvalue weighted by Crippen LogP contribution is -2.22. The molecule has 0 spiro atoms. The van der Waals surface area contributed by atoms with Gasteiger partial charge in [-0.3, -0.25) is 15.3 Å². The SMILES string of the molecule is NCCc1nnc2c3[nH]n4n([nH]c3[nH]n12)C(CCO)n1nc(N)c(N)c1-4. The number of anilines is 2. The van der Waals surface area contributed by atoms with Crippen LogP contribution in [-0.2, 0) is 6.42 Å². The smallest absolute Gasteiger partial charge is 0.204 e. The molecule has 4 aromatic rings. The molecule has 4 aromatic heterocycles. The van der Waals surface area contributed by atoms with Crippen LogP contribution in [0.2, 0.25) is 0 Å². The maximum Gasteiger partial charge on any atom is 0.204 e. The Morgan fingerprint density at radius 1 is 1.15 bits per heavy atom. The largest absolute Gasteiger partial charge is 0.396 e. The van der Waals surface area contributed by atoms with Crippen LogP contribution >= 0.6 is 0 Å². The summed E-state index contributed by atoms with van der Waals surface area (Å²) in [7, 11) is 0. The van der Waals surface area contributed by atoms with Gasteiger partial charge < -0.3 is 22.3 Å². The number of fused-ring (bicyclic) bond motifs is 6. The van der Waals surface area contributed by atoms with Crippen molar-refractivity contribution in [2.24, 2.45) is 5.73 Å². The van der Waals surface area contributed by atoms with Gasteiger partial charge in [-0.05, 0) is 6.54 Å². The molecule has 138 valence electrons. The zero-order valence-electron chi connectivity index (χ0n) is 13.7. The molecule has 10 N–H and O–H groups in total. The molecule has 1 unspecified atom stereocenters. The van der Waals surface area contributed by atoms with Crippen LogP contribution in [-0.4, -0.2) is 67.6 Å². The molecule has 1 aliphatic heterocycles. The van der Waals surface area contributed by atoms with Crippen LogP contribution in [0.4, 0.5) is 11.5 Å². The van der Waals surface area contributed by atoms with E-state index in [4.69, 9.17) is 17.2 Å². The highest BCUT2D eigenvalue weighted by molar-refractivity contribution is 5.84. The Labute approximate surface area is 144 Å². The highest BCUT2D eigenvalue weighted by Gasteiger charge is 2.32. The van der Waals surface area contributed by atoms with Gasteiger partial charge in [0.15, 0.2) is 29.3 Å². The van der Waals surface area contributed by atoms with Crippen LogP contribution in [0.3, 0.4) is 0 Å². The Balaban J connectivity index is 1.80. The number of hydrogen-bond acceptors (Lipinski definition) is 7. The van der Waals surface area contributed by atoms with Gasteiger partial charge in [-0.15, -0.1) is 15.3 Å². The van der Waals surface area contributed by atoms with E-state index in [0.29, 0.717) is 47.7 Å². The van der Waals surface area contributed by atoms with Crippen LogP contribution in [0, 0.1) is 0 Å². The first-order valence-corrected chi connectivity index (χ1v) is 8.17. The van der Waals surface area contributed by atoms with Gasteiger partial charge in [-0.2, -0.15) is 9.59 Å². The van der Waals surface area contributed by atoms with Gasteiger partial charge in [0.05, 0.1) is 0 Å². The molecule has 5 rings (SSSR count). The fraction of sp³-hybridized carbons (Fsp3) is 0.417. The second kappa shape index (κ2) is 5.06. The molecular formula is C12H19N13O. The van der Waals surface area contributed by atoms with Crippen LogP contribution in [0.5, 0.6) is 0 Å². The number of nitrogens with one attached hydrogen (secondary N) is 3. The number of nitrogens with two attached hydrogens (primary N) is 3. The number of nitrogens with zero attached hydrogens (tertiary/aromatic N) is 7. The first kappa shape index (κ1) is 14.9. The van der Waals surface area contributed by atoms with E-state index in [2.05, 4.69) is 30.6 Å². The molecule has 0 saturated heterocycles. The third kappa shape index (κ3) is 1.73. The number of aliphatic hydroxyl groups excluding tert-OH is 1. The number of H-pyrrole nitrogens is 3. The average molecular weight is 361 g/mol. The second-order valence-electron chi connectivity index (χ2n) is 6.12. The molecule has 0 radical (unpaired) electrons. The van der Waals surface area contributed by atoms with E-state index in [1.807, 2.05) is 0 Å². The fourth-order valence-electron chi connectivity index (χ4n) is 3.38. The number of hydrogen-bond donors (Lipinski definition) is 7. The van der Waals surface area contributed by atoms with Crippen molar-refractivity contribution in [3.05, 3.63) is 5.82 Å². The van der Waals surface area contributed by atoms with E-state index < -0.39 is 0 Å². The summed E-state index contributed by atoms with van der Waals surface area (Å²) >= 11 is 0. The fourth-order valence-corrected chi connectivity index (χ4v) is 3.38. The molecule has 0 bridgehead atoms. The molecule has 0 aromatic carbocycles. The molecule has 0 saturated carbocycles. The molecule has 5 heterocycles. The van der Waals surface area contributed by atoms with Crippen molar-refractivity contribution in [3.63, 3.8) is 0 Å². The minimum Gasteiger partial charge on any atom is -0.396 e. The van der Waals surface area contributed by atoms with Crippen molar-refractivity contribution in [1.29, 1.82) is 0 Å². The quantitative estimate of drug-likeness (QED) is 0.221. The van der Waals surface area contributed by atoms with Crippen molar-refractivity contribution >= 4 is 28.3 Å². The van der Waals surface area contributed by atoms with E-state index in [1.165, 1.54) is 0 Å². The molecular weight excluding hydrogens is 342 g/mol. The standard InChI is InChI=1S/C12H19N13O/c13-3-1-5-16-17-11-8-10(20-22(5)11)21-24-6(2-4-26)23-12(25(24)18-8)7(14)9(15)19-23/h6,18,20-21,26H,1-4,13-14H2,(H2,15,19). The van der Waals surface area contributed by atoms with Gasteiger partial charge in [-0.1, -0.05) is 0 Å². The number of aromatic amines is 3. The van der Waals surface area contributed by atoms with E-state index in [-0.39, 0.29) is 18.6 Å². The zero-order chi connectivity index (χ0) is 18.0. The molecule has 1 atom stereocenters. The van der Waals surface area contributed by atoms with Gasteiger partial charge in [0.25, 0.3) is 0 Å². The number of aromatic nitrogens is 10. The number of rotatable bonds is 4. The second-order valence-corrected chi connectivity index (χ2v) is 6.12. The minimum atomic E-state index is -0.312. The van der Waals surface area contributed by atoms with E-state index in [9.17, 15) is 5.11 Å². The van der Waals surface area contributed by atoms with Gasteiger partial charge in [-0.25, -0.2) is 9.20 Å². The van der Waals surface area contributed by atoms with Crippen molar-refractivity contribution in [3.8, 4) is 5.82 Å². The minimum absolute atomic E-state index is 0.0265. The Kier molecular flexibility index (Phi) is 2.90. The van der Waals surface area contributed by atoms with Crippen molar-refractivity contribution < 1.29 is 5.11 Å². The molecule has 14 nitrogen and oxygen atoms in total. The van der Waals surface area contributed by atoms with Gasteiger partial charge in [0, 0.05) is 19.4 Å². The Hall–Kier alpha value is -3.39. The van der Waals surface area contributed by atoms with E-state index in [1.54, 1.807) is 18.8 Å². The summed E-state index contributed by atoms with van der Waals surface area (Å²) in [4.78, 5) is 3.48. The molecule has 26 heavy (non-hydrogen) atoms. The maximum absolute atomic E-state index is 9.45. The van der Waals surface area contributed by atoms with Gasteiger partial charge >= 0.3 is 0 Å². The lowest BCUT2D eigenvalue weighted by atomic mass is 10.4. The van der Waals surface area contributed by atoms with Crippen LogP contribution in [0.25, 0.3) is 22.6 Å². The molecule has 0 fully saturated rings. The van der Waals surface area contributed by atoms with Crippen LogP contribution in [0.1, 0.15) is 18.4 Å². The highest BCUT2D eigenvalue weighted by atomic mass is 16.3. The number of aliphatic hydroxyl groups is 1.